The molecule has 1 unspecified atom stereocenters. The van der Waals surface area contributed by atoms with Crippen LogP contribution in [0.3, 0.4) is 0 Å². The van der Waals surface area contributed by atoms with Crippen molar-refractivity contribution < 1.29 is 24.0 Å². The average Bonchev–Trinajstić information content (AvgIpc) is 3.14. The van der Waals surface area contributed by atoms with Crippen molar-refractivity contribution in [3.63, 3.8) is 0 Å². The van der Waals surface area contributed by atoms with Crippen LogP contribution in [-0.4, -0.2) is 53.5 Å². The Bertz CT molecular complexity index is 1110. The predicted octanol–water partition coefficient (Wildman–Crippen LogP) is 2.90. The summed E-state index contributed by atoms with van der Waals surface area (Å²) in [6.45, 7) is 1.67. The summed E-state index contributed by atoms with van der Waals surface area (Å²) in [5.41, 5.74) is 2.72. The van der Waals surface area contributed by atoms with Crippen molar-refractivity contribution in [2.45, 2.75) is 18.4 Å². The molecule has 2 aromatic carbocycles. The molecule has 1 amide bonds. The largest absolute Gasteiger partial charge is 0.481 e. The van der Waals surface area contributed by atoms with Crippen LogP contribution in [0.2, 0.25) is 0 Å². The molecule has 5 rings (SSSR count). The van der Waals surface area contributed by atoms with Gasteiger partial charge < -0.3 is 15.2 Å². The molecule has 7 heteroatoms. The standard InChI is InChI=1S/C23H21N3O4/c1-26(21(27)15-6-8-16(9-7-15)22(28)29)20-17-4-2-3-5-19(17)30-23(18(20)14-25-26)10-12-24-13-11-23/h2-9,14,24H,10-13H2,1H3/p+1. The van der Waals surface area contributed by atoms with Crippen LogP contribution >= 0.6 is 0 Å². The molecule has 0 aliphatic carbocycles. The lowest BCUT2D eigenvalue weighted by molar-refractivity contribution is -0.758. The van der Waals surface area contributed by atoms with Crippen molar-refractivity contribution in [3.8, 4) is 5.75 Å². The number of piperidine rings is 1. The minimum Gasteiger partial charge on any atom is -0.481 e. The van der Waals surface area contributed by atoms with Gasteiger partial charge >= 0.3 is 11.9 Å². The lowest BCUT2D eigenvalue weighted by atomic mass is 9.80. The molecule has 3 aliphatic rings. The zero-order valence-electron chi connectivity index (χ0n) is 16.6. The number of hydrogen-bond acceptors (Lipinski definition) is 5. The van der Waals surface area contributed by atoms with E-state index in [4.69, 9.17) is 9.84 Å². The van der Waals surface area contributed by atoms with Gasteiger partial charge in [-0.1, -0.05) is 17.2 Å². The Balaban J connectivity index is 1.64. The molecule has 1 saturated heterocycles. The van der Waals surface area contributed by atoms with Crippen LogP contribution < -0.4 is 10.1 Å². The number of para-hydroxylation sites is 1. The van der Waals surface area contributed by atoms with Gasteiger partial charge in [0, 0.05) is 12.8 Å². The van der Waals surface area contributed by atoms with Crippen molar-refractivity contribution in [1.29, 1.82) is 0 Å². The molecule has 0 aromatic heterocycles. The van der Waals surface area contributed by atoms with Crippen LogP contribution in [0.5, 0.6) is 5.75 Å². The van der Waals surface area contributed by atoms with Gasteiger partial charge in [-0.25, -0.2) is 9.59 Å². The fourth-order valence-corrected chi connectivity index (χ4v) is 4.62. The molecule has 7 nitrogen and oxygen atoms in total. The van der Waals surface area contributed by atoms with E-state index in [0.717, 1.165) is 48.5 Å². The quantitative estimate of drug-likeness (QED) is 0.752. The molecule has 3 aliphatic heterocycles. The van der Waals surface area contributed by atoms with Crippen molar-refractivity contribution >= 4 is 23.8 Å². The molecule has 0 radical (unpaired) electrons. The summed E-state index contributed by atoms with van der Waals surface area (Å²) in [6.07, 6.45) is 3.39. The molecule has 0 bridgehead atoms. The highest BCUT2D eigenvalue weighted by molar-refractivity contribution is 6.02. The summed E-state index contributed by atoms with van der Waals surface area (Å²) in [4.78, 5) is 24.8. The van der Waals surface area contributed by atoms with Crippen molar-refractivity contribution in [2.75, 3.05) is 20.1 Å². The van der Waals surface area contributed by atoms with E-state index in [1.807, 2.05) is 24.3 Å². The molecule has 152 valence electrons. The van der Waals surface area contributed by atoms with Gasteiger partial charge in [0.05, 0.1) is 28.5 Å². The van der Waals surface area contributed by atoms with E-state index in [0.29, 0.717) is 5.56 Å². The number of benzene rings is 2. The number of amides is 1. The van der Waals surface area contributed by atoms with Crippen molar-refractivity contribution in [2.24, 2.45) is 5.10 Å². The number of rotatable bonds is 2. The van der Waals surface area contributed by atoms with E-state index >= 15 is 0 Å². The highest BCUT2D eigenvalue weighted by atomic mass is 16.5. The Labute approximate surface area is 173 Å². The summed E-state index contributed by atoms with van der Waals surface area (Å²) in [7, 11) is 1.78. The number of nitrogens with zero attached hydrogens (tertiary/aromatic N) is 2. The van der Waals surface area contributed by atoms with E-state index < -0.39 is 11.6 Å². The minimum atomic E-state index is -1.02. The van der Waals surface area contributed by atoms with E-state index in [9.17, 15) is 9.59 Å². The number of carbonyl (C=O) groups is 2. The number of ether oxygens (including phenoxy) is 1. The highest BCUT2D eigenvalue weighted by Crippen LogP contribution is 2.50. The van der Waals surface area contributed by atoms with Crippen LogP contribution in [0.1, 0.15) is 39.1 Å². The SMILES string of the molecule is C[N+]1(C(=O)c2ccc(C(=O)O)cc2)N=CC2=C1c1ccccc1OC21CCNCC1. The fourth-order valence-electron chi connectivity index (χ4n) is 4.62. The molecule has 2 aromatic rings. The Morgan fingerprint density at radius 3 is 2.43 bits per heavy atom. The predicted molar refractivity (Wildman–Crippen MR) is 111 cm³/mol. The molecule has 1 fully saturated rings. The van der Waals surface area contributed by atoms with Crippen LogP contribution in [-0.2, 0) is 0 Å². The third-order valence-corrected chi connectivity index (χ3v) is 6.23. The number of carbonyl (C=O) groups excluding carboxylic acids is 1. The fraction of sp³-hybridized carbons (Fsp3) is 0.261. The smallest absolute Gasteiger partial charge is 0.376 e. The van der Waals surface area contributed by atoms with Crippen LogP contribution in [0, 0.1) is 0 Å². The first-order chi connectivity index (χ1) is 14.4. The van der Waals surface area contributed by atoms with Gasteiger partial charge in [-0.15, -0.1) is 4.59 Å². The lowest BCUT2D eigenvalue weighted by Gasteiger charge is -2.42. The van der Waals surface area contributed by atoms with Crippen molar-refractivity contribution in [1.82, 2.24) is 5.32 Å². The second-order valence-corrected chi connectivity index (χ2v) is 8.00. The summed E-state index contributed by atoms with van der Waals surface area (Å²) >= 11 is 0. The van der Waals surface area contributed by atoms with Gasteiger partial charge in [-0.3, -0.25) is 0 Å². The first-order valence-electron chi connectivity index (χ1n) is 9.99. The molecular formula is C23H22N3O4+. The monoisotopic (exact) mass is 404 g/mol. The second-order valence-electron chi connectivity index (χ2n) is 8.00. The maximum Gasteiger partial charge on any atom is 0.376 e. The van der Waals surface area contributed by atoms with E-state index in [1.165, 1.54) is 12.1 Å². The maximum atomic E-state index is 13.6. The highest BCUT2D eigenvalue weighted by Gasteiger charge is 2.54. The Hall–Kier alpha value is -3.29. The number of quaternary nitrogens is 1. The van der Waals surface area contributed by atoms with Gasteiger partial charge in [-0.2, -0.15) is 0 Å². The maximum absolute atomic E-state index is 13.6. The van der Waals surface area contributed by atoms with Gasteiger partial charge in [-0.05, 0) is 49.5 Å². The van der Waals surface area contributed by atoms with Gasteiger partial charge in [0.25, 0.3) is 0 Å². The molecule has 1 spiro atoms. The van der Waals surface area contributed by atoms with Crippen LogP contribution in [0.25, 0.3) is 5.70 Å². The lowest BCUT2D eigenvalue weighted by Crippen LogP contribution is -2.51. The summed E-state index contributed by atoms with van der Waals surface area (Å²) in [5, 5.41) is 17.2. The first-order valence-corrected chi connectivity index (χ1v) is 9.99. The summed E-state index contributed by atoms with van der Waals surface area (Å²) < 4.78 is 6.27. The van der Waals surface area contributed by atoms with Crippen molar-refractivity contribution in [3.05, 3.63) is 70.8 Å². The van der Waals surface area contributed by atoms with Gasteiger partial charge in [0.1, 0.15) is 18.4 Å². The number of carboxylic acids is 1. The third kappa shape index (κ3) is 2.63. The summed E-state index contributed by atoms with van der Waals surface area (Å²) in [6, 6.07) is 13.8. The van der Waals surface area contributed by atoms with E-state index in [1.54, 1.807) is 25.4 Å². The number of carboxylic acid groups (broad SMARTS) is 1. The molecule has 1 atom stereocenters. The van der Waals surface area contributed by atoms with Crippen LogP contribution in [0.4, 0.5) is 0 Å². The first kappa shape index (κ1) is 18.7. The van der Waals surface area contributed by atoms with Crippen LogP contribution in [0.15, 0.2) is 59.2 Å². The Morgan fingerprint density at radius 2 is 1.73 bits per heavy atom. The average molecular weight is 404 g/mol. The molecule has 30 heavy (non-hydrogen) atoms. The third-order valence-electron chi connectivity index (χ3n) is 6.23. The number of nitrogens with one attached hydrogen (secondary N) is 1. The molecule has 3 heterocycles. The zero-order valence-corrected chi connectivity index (χ0v) is 16.6. The van der Waals surface area contributed by atoms with Gasteiger partial charge in [0.15, 0.2) is 5.70 Å². The molecule has 0 saturated carbocycles. The summed E-state index contributed by atoms with van der Waals surface area (Å²) in [5.74, 6) is -0.471. The Morgan fingerprint density at radius 1 is 1.07 bits per heavy atom. The number of fused-ring (bicyclic) bond motifs is 3. The van der Waals surface area contributed by atoms with Gasteiger partial charge in [0.2, 0.25) is 0 Å². The molecular weight excluding hydrogens is 382 g/mol. The zero-order chi connectivity index (χ0) is 20.9. The normalized spacial score (nSPS) is 23.6. The minimum absolute atomic E-state index is 0.143. The Kier molecular flexibility index (Phi) is 4.13. The molecule has 2 N–H and O–H groups in total. The topological polar surface area (TPSA) is 88.0 Å². The second kappa shape index (κ2) is 6.62. The van der Waals surface area contributed by atoms with E-state index in [-0.39, 0.29) is 16.1 Å². The van der Waals surface area contributed by atoms with E-state index in [2.05, 4.69) is 10.4 Å². The number of hydrogen-bond donors (Lipinski definition) is 2. The number of aromatic carboxylic acids is 1.